The molecule has 0 atom stereocenters. The molecule has 6 nitrogen and oxygen atoms in total. The largest absolute Gasteiger partial charge is 0.333 e. The molecule has 3 aromatic heterocycles. The van der Waals surface area contributed by atoms with E-state index in [1.54, 1.807) is 23.8 Å². The van der Waals surface area contributed by atoms with Crippen molar-refractivity contribution in [1.82, 2.24) is 20.1 Å². The Morgan fingerprint density at radius 3 is 2.79 bits per heavy atom. The van der Waals surface area contributed by atoms with Gasteiger partial charge in [0, 0.05) is 12.4 Å². The first-order valence-electron chi connectivity index (χ1n) is 5.38. The van der Waals surface area contributed by atoms with Crippen molar-refractivity contribution in [2.45, 2.75) is 6.92 Å². The molecule has 3 heterocycles. The fourth-order valence-electron chi connectivity index (χ4n) is 1.48. The monoisotopic (exact) mass is 269 g/mol. The van der Waals surface area contributed by atoms with Gasteiger partial charge < -0.3 is 4.52 Å². The van der Waals surface area contributed by atoms with E-state index in [2.05, 4.69) is 26.2 Å². The van der Waals surface area contributed by atoms with Gasteiger partial charge in [-0.2, -0.15) is 10.2 Å². The summed E-state index contributed by atoms with van der Waals surface area (Å²) in [6, 6.07) is 3.80. The van der Waals surface area contributed by atoms with E-state index in [0.29, 0.717) is 28.0 Å². The minimum Gasteiger partial charge on any atom is -0.333 e. The van der Waals surface area contributed by atoms with Crippen molar-refractivity contribution >= 4 is 11.3 Å². The minimum absolute atomic E-state index is 0.311. The first kappa shape index (κ1) is 11.5. The zero-order valence-electron chi connectivity index (χ0n) is 9.86. The molecule has 7 heteroatoms. The van der Waals surface area contributed by atoms with E-state index in [1.165, 1.54) is 11.3 Å². The molecule has 0 aliphatic carbocycles. The molecule has 0 saturated carbocycles. The second-order valence-corrected chi connectivity index (χ2v) is 4.70. The van der Waals surface area contributed by atoms with Gasteiger partial charge in [0.25, 0.3) is 5.89 Å². The van der Waals surface area contributed by atoms with E-state index in [0.717, 1.165) is 5.56 Å². The summed E-state index contributed by atoms with van der Waals surface area (Å²) >= 11 is 1.38. The van der Waals surface area contributed by atoms with Crippen LogP contribution >= 0.6 is 11.3 Å². The molecule has 0 saturated heterocycles. The number of aromatic nitrogens is 4. The molecule has 0 fully saturated rings. The topological polar surface area (TPSA) is 88.5 Å². The lowest BCUT2D eigenvalue weighted by molar-refractivity contribution is 0.432. The maximum Gasteiger partial charge on any atom is 0.269 e. The summed E-state index contributed by atoms with van der Waals surface area (Å²) in [7, 11) is 0. The maximum atomic E-state index is 8.97. The van der Waals surface area contributed by atoms with Crippen LogP contribution in [0.3, 0.4) is 0 Å². The predicted molar refractivity (Wildman–Crippen MR) is 68.1 cm³/mol. The van der Waals surface area contributed by atoms with Crippen molar-refractivity contribution < 1.29 is 4.52 Å². The van der Waals surface area contributed by atoms with Crippen LogP contribution in [0, 0.1) is 18.3 Å². The molecule has 0 spiro atoms. The highest BCUT2D eigenvalue weighted by Gasteiger charge is 2.16. The third-order valence-corrected chi connectivity index (χ3v) is 3.29. The van der Waals surface area contributed by atoms with Gasteiger partial charge in [-0.3, -0.25) is 0 Å². The Kier molecular flexibility index (Phi) is 2.78. The van der Waals surface area contributed by atoms with Crippen LogP contribution in [0.1, 0.15) is 11.1 Å². The molecule has 0 bridgehead atoms. The zero-order chi connectivity index (χ0) is 13.2. The molecule has 92 valence electrons. The number of hydrogen-bond donors (Lipinski definition) is 0. The lowest BCUT2D eigenvalue weighted by Crippen LogP contribution is -1.90. The lowest BCUT2D eigenvalue weighted by Gasteiger charge is -1.92. The Bertz CT molecular complexity index is 753. The number of aryl methyl sites for hydroxylation is 1. The van der Waals surface area contributed by atoms with Gasteiger partial charge in [-0.25, -0.2) is 9.97 Å². The van der Waals surface area contributed by atoms with Gasteiger partial charge in [0.05, 0.1) is 5.56 Å². The highest BCUT2D eigenvalue weighted by Crippen LogP contribution is 2.28. The second kappa shape index (κ2) is 4.59. The molecule has 0 radical (unpaired) electrons. The van der Waals surface area contributed by atoms with Crippen LogP contribution in [0.5, 0.6) is 0 Å². The minimum atomic E-state index is 0.311. The first-order valence-corrected chi connectivity index (χ1v) is 6.26. The smallest absolute Gasteiger partial charge is 0.269 e. The van der Waals surface area contributed by atoms with Gasteiger partial charge in [-0.05, 0) is 23.9 Å². The lowest BCUT2D eigenvalue weighted by atomic mass is 10.3. The summed E-state index contributed by atoms with van der Waals surface area (Å²) in [5.74, 6) is 1.02. The first-order chi connectivity index (χ1) is 9.28. The van der Waals surface area contributed by atoms with Crippen LogP contribution < -0.4 is 0 Å². The van der Waals surface area contributed by atoms with Gasteiger partial charge >= 0.3 is 0 Å². The molecule has 3 aromatic rings. The maximum absolute atomic E-state index is 8.97. The highest BCUT2D eigenvalue weighted by atomic mass is 32.1. The average Bonchev–Trinajstić information content (AvgIpc) is 3.07. The Labute approximate surface area is 112 Å². The standard InChI is InChI=1S/C12H7N5OS/c1-7-5-14-10(15-6-7)11-16-12(18-17-11)9-8(4-13)2-3-19-9/h2-3,5-6H,1H3. The van der Waals surface area contributed by atoms with Crippen molar-refractivity contribution in [1.29, 1.82) is 5.26 Å². The Balaban J connectivity index is 2.00. The van der Waals surface area contributed by atoms with E-state index in [4.69, 9.17) is 9.78 Å². The quantitative estimate of drug-likeness (QED) is 0.709. The number of nitrogens with zero attached hydrogens (tertiary/aromatic N) is 5. The molecular weight excluding hydrogens is 262 g/mol. The molecule has 0 aliphatic heterocycles. The number of hydrogen-bond acceptors (Lipinski definition) is 7. The molecule has 0 aromatic carbocycles. The highest BCUT2D eigenvalue weighted by molar-refractivity contribution is 7.13. The summed E-state index contributed by atoms with van der Waals surface area (Å²) in [4.78, 5) is 13.1. The van der Waals surface area contributed by atoms with E-state index < -0.39 is 0 Å². The van der Waals surface area contributed by atoms with Crippen molar-refractivity contribution in [2.24, 2.45) is 0 Å². The van der Waals surface area contributed by atoms with Crippen LogP contribution in [-0.2, 0) is 0 Å². The Morgan fingerprint density at radius 2 is 2.05 bits per heavy atom. The predicted octanol–water partition coefficient (Wildman–Crippen LogP) is 2.44. The normalized spacial score (nSPS) is 10.3. The van der Waals surface area contributed by atoms with Crippen molar-refractivity contribution in [3.8, 4) is 28.5 Å². The summed E-state index contributed by atoms with van der Waals surface area (Å²) in [6.07, 6.45) is 3.37. The fraction of sp³-hybridized carbons (Fsp3) is 0.0833. The van der Waals surface area contributed by atoms with E-state index in [1.807, 2.05) is 6.92 Å². The van der Waals surface area contributed by atoms with E-state index >= 15 is 0 Å². The zero-order valence-corrected chi connectivity index (χ0v) is 10.7. The molecule has 0 amide bonds. The molecule has 0 aliphatic rings. The summed E-state index contributed by atoms with van der Waals surface area (Å²) in [5, 5.41) is 14.6. The number of thiophene rings is 1. The van der Waals surface area contributed by atoms with Gasteiger partial charge in [0.15, 0.2) is 0 Å². The van der Waals surface area contributed by atoms with Crippen LogP contribution in [0.15, 0.2) is 28.4 Å². The van der Waals surface area contributed by atoms with Crippen LogP contribution in [0.2, 0.25) is 0 Å². The summed E-state index contributed by atoms with van der Waals surface area (Å²) in [5.41, 5.74) is 1.47. The van der Waals surface area contributed by atoms with Crippen molar-refractivity contribution in [3.63, 3.8) is 0 Å². The molecule has 0 unspecified atom stereocenters. The van der Waals surface area contributed by atoms with Gasteiger partial charge in [-0.1, -0.05) is 5.16 Å². The average molecular weight is 269 g/mol. The van der Waals surface area contributed by atoms with Crippen LogP contribution in [0.4, 0.5) is 0 Å². The van der Waals surface area contributed by atoms with Crippen LogP contribution in [0.25, 0.3) is 22.4 Å². The van der Waals surface area contributed by atoms with Gasteiger partial charge in [-0.15, -0.1) is 11.3 Å². The third kappa shape index (κ3) is 2.09. The number of nitriles is 1. The Hall–Kier alpha value is -2.59. The molecule has 19 heavy (non-hydrogen) atoms. The Morgan fingerprint density at radius 1 is 1.26 bits per heavy atom. The fourth-order valence-corrected chi connectivity index (χ4v) is 2.24. The molecular formula is C12H7N5OS. The SMILES string of the molecule is Cc1cnc(-c2noc(-c3sccc3C#N)n2)nc1. The third-order valence-electron chi connectivity index (χ3n) is 2.39. The summed E-state index contributed by atoms with van der Waals surface area (Å²) in [6.45, 7) is 1.90. The van der Waals surface area contributed by atoms with Gasteiger partial charge in [0.1, 0.15) is 10.9 Å². The van der Waals surface area contributed by atoms with Crippen LogP contribution in [-0.4, -0.2) is 20.1 Å². The number of rotatable bonds is 2. The summed E-state index contributed by atoms with van der Waals surface area (Å²) < 4.78 is 5.15. The van der Waals surface area contributed by atoms with Crippen molar-refractivity contribution in [3.05, 3.63) is 35.0 Å². The second-order valence-electron chi connectivity index (χ2n) is 3.78. The van der Waals surface area contributed by atoms with Gasteiger partial charge in [0.2, 0.25) is 11.6 Å². The molecule has 0 N–H and O–H groups in total. The van der Waals surface area contributed by atoms with E-state index in [-0.39, 0.29) is 0 Å². The van der Waals surface area contributed by atoms with Crippen molar-refractivity contribution in [2.75, 3.05) is 0 Å². The van der Waals surface area contributed by atoms with E-state index in [9.17, 15) is 0 Å². The molecule has 3 rings (SSSR count).